The van der Waals surface area contributed by atoms with E-state index < -0.39 is 10.1 Å². The Morgan fingerprint density at radius 2 is 1.89 bits per heavy atom. The van der Waals surface area contributed by atoms with Crippen LogP contribution < -0.4 is 0 Å². The summed E-state index contributed by atoms with van der Waals surface area (Å²) in [5.41, 5.74) is 0.956. The molecule has 0 amide bonds. The summed E-state index contributed by atoms with van der Waals surface area (Å²) in [5.74, 6) is 2.69. The van der Waals surface area contributed by atoms with Gasteiger partial charge in [0, 0.05) is 22.6 Å². The first-order chi connectivity index (χ1) is 8.91. The molecule has 2 N–H and O–H groups in total. The highest BCUT2D eigenvalue weighted by molar-refractivity contribution is 14.1. The molecular weight excluding hydrogens is 383 g/mol. The van der Waals surface area contributed by atoms with Crippen LogP contribution in [-0.4, -0.2) is 37.9 Å². The Morgan fingerprint density at radius 1 is 1.32 bits per heavy atom. The molecule has 0 heterocycles. The van der Waals surface area contributed by atoms with E-state index in [9.17, 15) is 8.42 Å². The third kappa shape index (κ3) is 9.86. The standard InChI is InChI=1S/C7H8O3S.C5H7IO2/c1-6-2-4-7(5-3-6)11(8,9)10;6-2-1-4-8-5-3-7/h2-5H,1H3,(H,8,9,10);7H,3-5H2. The van der Waals surface area contributed by atoms with Gasteiger partial charge in [-0.3, -0.25) is 4.55 Å². The zero-order valence-corrected chi connectivity index (χ0v) is 13.3. The molecule has 0 radical (unpaired) electrons. The van der Waals surface area contributed by atoms with Gasteiger partial charge < -0.3 is 9.84 Å². The van der Waals surface area contributed by atoms with Gasteiger partial charge in [0.1, 0.15) is 6.61 Å². The van der Waals surface area contributed by atoms with Crippen molar-refractivity contribution in [2.45, 2.75) is 11.8 Å². The molecule has 0 saturated heterocycles. The largest absolute Gasteiger partial charge is 0.394 e. The fraction of sp³-hybridized carbons (Fsp3) is 0.333. The van der Waals surface area contributed by atoms with Gasteiger partial charge in [-0.2, -0.15) is 8.42 Å². The minimum absolute atomic E-state index is 0.0666. The van der Waals surface area contributed by atoms with Crippen LogP contribution in [0.5, 0.6) is 0 Å². The van der Waals surface area contributed by atoms with Crippen LogP contribution in [0.1, 0.15) is 5.56 Å². The Morgan fingerprint density at radius 3 is 2.32 bits per heavy atom. The summed E-state index contributed by atoms with van der Waals surface area (Å²) >= 11 is 1.94. The van der Waals surface area contributed by atoms with E-state index in [0.29, 0.717) is 13.2 Å². The van der Waals surface area contributed by atoms with Crippen LogP contribution in [0, 0.1) is 16.8 Å². The Kier molecular flexibility index (Phi) is 9.81. The zero-order chi connectivity index (χ0) is 14.7. The molecule has 1 aromatic carbocycles. The highest BCUT2D eigenvalue weighted by Crippen LogP contribution is 2.08. The molecule has 1 rings (SSSR count). The monoisotopic (exact) mass is 398 g/mol. The smallest absolute Gasteiger partial charge is 0.294 e. The predicted molar refractivity (Wildman–Crippen MR) is 80.7 cm³/mol. The van der Waals surface area contributed by atoms with Crippen molar-refractivity contribution < 1.29 is 22.8 Å². The van der Waals surface area contributed by atoms with Crippen molar-refractivity contribution in [3.8, 4) is 9.85 Å². The number of benzene rings is 1. The first kappa shape index (κ1) is 18.3. The highest BCUT2D eigenvalue weighted by atomic mass is 127. The third-order valence-electron chi connectivity index (χ3n) is 1.80. The first-order valence-corrected chi connectivity index (χ1v) is 7.75. The molecule has 7 heteroatoms. The third-order valence-corrected chi connectivity index (χ3v) is 3.04. The molecule has 106 valence electrons. The van der Waals surface area contributed by atoms with Gasteiger partial charge in [0.2, 0.25) is 0 Å². The summed E-state index contributed by atoms with van der Waals surface area (Å²) in [6, 6.07) is 5.99. The molecule has 0 atom stereocenters. The lowest BCUT2D eigenvalue weighted by Gasteiger charge is -1.95. The van der Waals surface area contributed by atoms with Crippen molar-refractivity contribution >= 4 is 32.7 Å². The first-order valence-electron chi connectivity index (χ1n) is 5.23. The number of hydrogen-bond acceptors (Lipinski definition) is 4. The Bertz CT molecular complexity index is 513. The predicted octanol–water partition coefficient (Wildman–Crippen LogP) is 1.63. The fourth-order valence-electron chi connectivity index (χ4n) is 0.925. The zero-order valence-electron chi connectivity index (χ0n) is 10.3. The van der Waals surface area contributed by atoms with E-state index in [2.05, 4.69) is 9.85 Å². The molecule has 0 fully saturated rings. The molecule has 0 bridgehead atoms. The number of halogens is 1. The lowest BCUT2D eigenvalue weighted by Crippen LogP contribution is -1.98. The molecule has 0 aromatic heterocycles. The van der Waals surface area contributed by atoms with Gasteiger partial charge in [-0.25, -0.2) is 0 Å². The maximum atomic E-state index is 10.5. The van der Waals surface area contributed by atoms with Crippen LogP contribution in [0.4, 0.5) is 0 Å². The van der Waals surface area contributed by atoms with E-state index in [0.717, 1.165) is 5.56 Å². The Labute approximate surface area is 126 Å². The number of rotatable bonds is 4. The van der Waals surface area contributed by atoms with Gasteiger partial charge in [0.15, 0.2) is 0 Å². The number of ether oxygens (including phenoxy) is 1. The SMILES string of the molecule is Cc1ccc(S(=O)(=O)O)cc1.OCCOCC#CI. The summed E-state index contributed by atoms with van der Waals surface area (Å²) in [6.45, 7) is 2.71. The summed E-state index contributed by atoms with van der Waals surface area (Å²) in [7, 11) is -4.02. The van der Waals surface area contributed by atoms with Gasteiger partial charge in [-0.05, 0) is 23.0 Å². The summed E-state index contributed by atoms with van der Waals surface area (Å²) in [4.78, 5) is -0.0666. The van der Waals surface area contributed by atoms with Gasteiger partial charge in [0.25, 0.3) is 10.1 Å². The molecule has 0 spiro atoms. The lowest BCUT2D eigenvalue weighted by molar-refractivity contribution is 0.115. The molecule has 0 aliphatic rings. The number of aliphatic hydroxyl groups is 1. The van der Waals surface area contributed by atoms with Crippen molar-refractivity contribution in [3.05, 3.63) is 29.8 Å². The average Bonchev–Trinajstić information content (AvgIpc) is 2.35. The van der Waals surface area contributed by atoms with E-state index in [1.807, 2.05) is 29.5 Å². The minimum atomic E-state index is -4.02. The van der Waals surface area contributed by atoms with Crippen LogP contribution in [0.2, 0.25) is 0 Å². The van der Waals surface area contributed by atoms with E-state index in [1.54, 1.807) is 12.1 Å². The second-order valence-electron chi connectivity index (χ2n) is 3.34. The second-order valence-corrected chi connectivity index (χ2v) is 5.30. The topological polar surface area (TPSA) is 83.8 Å². The molecule has 19 heavy (non-hydrogen) atoms. The molecule has 1 aromatic rings. The maximum absolute atomic E-state index is 10.5. The average molecular weight is 398 g/mol. The summed E-state index contributed by atoms with van der Waals surface area (Å²) in [5, 5.41) is 8.19. The number of hydrogen-bond donors (Lipinski definition) is 2. The molecule has 0 aliphatic heterocycles. The maximum Gasteiger partial charge on any atom is 0.294 e. The fourth-order valence-corrected chi connectivity index (χ4v) is 1.56. The lowest BCUT2D eigenvalue weighted by atomic mass is 10.2. The highest BCUT2D eigenvalue weighted by Gasteiger charge is 2.06. The number of aryl methyl sites for hydroxylation is 1. The molecule has 0 aliphatic carbocycles. The van der Waals surface area contributed by atoms with Crippen molar-refractivity contribution in [2.24, 2.45) is 0 Å². The van der Waals surface area contributed by atoms with Crippen LogP contribution >= 0.6 is 22.6 Å². The normalized spacial score (nSPS) is 9.89. The van der Waals surface area contributed by atoms with Gasteiger partial charge >= 0.3 is 0 Å². The van der Waals surface area contributed by atoms with Crippen molar-refractivity contribution in [1.29, 1.82) is 0 Å². The Balaban J connectivity index is 0.000000362. The van der Waals surface area contributed by atoms with Crippen molar-refractivity contribution in [2.75, 3.05) is 19.8 Å². The molecule has 0 unspecified atom stereocenters. The molecule has 5 nitrogen and oxygen atoms in total. The van der Waals surface area contributed by atoms with E-state index >= 15 is 0 Å². The Hall–Kier alpha value is -0.660. The van der Waals surface area contributed by atoms with Crippen LogP contribution in [0.15, 0.2) is 29.2 Å². The van der Waals surface area contributed by atoms with E-state index in [4.69, 9.17) is 14.4 Å². The quantitative estimate of drug-likeness (QED) is 0.349. The number of aliphatic hydroxyl groups excluding tert-OH is 1. The van der Waals surface area contributed by atoms with Gasteiger partial charge in [0.05, 0.1) is 18.1 Å². The summed E-state index contributed by atoms with van der Waals surface area (Å²) < 4.78 is 37.0. The van der Waals surface area contributed by atoms with Crippen molar-refractivity contribution in [1.82, 2.24) is 0 Å². The van der Waals surface area contributed by atoms with E-state index in [1.165, 1.54) is 12.1 Å². The van der Waals surface area contributed by atoms with E-state index in [-0.39, 0.29) is 11.5 Å². The van der Waals surface area contributed by atoms with Crippen LogP contribution in [0.3, 0.4) is 0 Å². The second kappa shape index (κ2) is 10.2. The van der Waals surface area contributed by atoms with Gasteiger partial charge in [-0.1, -0.05) is 23.6 Å². The summed E-state index contributed by atoms with van der Waals surface area (Å²) in [6.07, 6.45) is 0. The van der Waals surface area contributed by atoms with Crippen LogP contribution in [-0.2, 0) is 14.9 Å². The van der Waals surface area contributed by atoms with Crippen molar-refractivity contribution in [3.63, 3.8) is 0 Å². The molecule has 0 saturated carbocycles. The van der Waals surface area contributed by atoms with Gasteiger partial charge in [-0.15, -0.1) is 0 Å². The van der Waals surface area contributed by atoms with Crippen LogP contribution in [0.25, 0.3) is 0 Å². The minimum Gasteiger partial charge on any atom is -0.394 e. The molecular formula is C12H15IO5S.